The number of aromatic nitrogens is 3. The Labute approximate surface area is 205 Å². The molecule has 0 aliphatic heterocycles. The van der Waals surface area contributed by atoms with E-state index in [0.717, 1.165) is 29.7 Å². The highest BCUT2D eigenvalue weighted by atomic mass is 35.5. The average Bonchev–Trinajstić information content (AvgIpc) is 3.55. The van der Waals surface area contributed by atoms with Crippen molar-refractivity contribution in [3.63, 3.8) is 0 Å². The zero-order valence-electron chi connectivity index (χ0n) is 17.6. The highest BCUT2D eigenvalue weighted by Gasteiger charge is 2.14. The van der Waals surface area contributed by atoms with Crippen LogP contribution < -0.4 is 10.1 Å². The fraction of sp³-hybridized carbons (Fsp3) is 0.208. The Morgan fingerprint density at radius 3 is 2.79 bits per heavy atom. The topological polar surface area (TPSA) is 69.0 Å². The number of rotatable bonds is 7. The van der Waals surface area contributed by atoms with Gasteiger partial charge in [-0.25, -0.2) is 9.67 Å². The van der Waals surface area contributed by atoms with Crippen LogP contribution in [0.25, 0.3) is 0 Å². The maximum Gasteiger partial charge on any atom is 0.268 e. The molecule has 33 heavy (non-hydrogen) atoms. The van der Waals surface area contributed by atoms with E-state index < -0.39 is 0 Å². The normalized spacial score (nSPS) is 12.5. The van der Waals surface area contributed by atoms with Crippen LogP contribution in [0.3, 0.4) is 0 Å². The van der Waals surface area contributed by atoms with Crippen LogP contribution in [0.5, 0.6) is 5.75 Å². The lowest BCUT2D eigenvalue weighted by atomic mass is 10.1. The van der Waals surface area contributed by atoms with Gasteiger partial charge < -0.3 is 4.74 Å². The van der Waals surface area contributed by atoms with E-state index in [9.17, 15) is 4.79 Å². The van der Waals surface area contributed by atoms with E-state index in [1.54, 1.807) is 22.9 Å². The van der Waals surface area contributed by atoms with Gasteiger partial charge in [0, 0.05) is 21.2 Å². The van der Waals surface area contributed by atoms with Crippen molar-refractivity contribution in [1.82, 2.24) is 14.8 Å². The molecule has 5 rings (SSSR count). The summed E-state index contributed by atoms with van der Waals surface area (Å²) in [4.78, 5) is 17.4. The third-order valence-electron chi connectivity index (χ3n) is 5.50. The smallest absolute Gasteiger partial charge is 0.268 e. The van der Waals surface area contributed by atoms with Crippen molar-refractivity contribution in [1.29, 1.82) is 0 Å². The largest absolute Gasteiger partial charge is 0.489 e. The standard InChI is InChI=1S/C24H20Cl2N4O2S/c25-20-5-2-6-21(26)19(20)11-30-14-27-24(29-30)28-23(31)22-9-15(13-33-22)12-32-18-8-7-16-3-1-4-17(16)10-18/h2,5-10,13-14H,1,3-4,11-12H2,(H,28,29,31). The average molecular weight is 499 g/mol. The van der Waals surface area contributed by atoms with E-state index in [0.29, 0.717) is 28.1 Å². The summed E-state index contributed by atoms with van der Waals surface area (Å²) in [5.74, 6) is 0.811. The Bertz CT molecular complexity index is 1300. The number of carbonyl (C=O) groups is 1. The maximum absolute atomic E-state index is 12.6. The van der Waals surface area contributed by atoms with Gasteiger partial charge in [-0.3, -0.25) is 10.1 Å². The number of nitrogens with zero attached hydrogens (tertiary/aromatic N) is 3. The van der Waals surface area contributed by atoms with Crippen LogP contribution in [0.1, 0.15) is 38.3 Å². The van der Waals surface area contributed by atoms with Crippen LogP contribution in [-0.2, 0) is 26.0 Å². The number of fused-ring (bicyclic) bond motifs is 1. The number of halogens is 2. The van der Waals surface area contributed by atoms with E-state index in [2.05, 4.69) is 27.5 Å². The molecule has 0 fully saturated rings. The van der Waals surface area contributed by atoms with Gasteiger partial charge in [0.05, 0.1) is 11.4 Å². The summed E-state index contributed by atoms with van der Waals surface area (Å²) >= 11 is 13.8. The van der Waals surface area contributed by atoms with E-state index in [1.165, 1.54) is 35.2 Å². The number of thiophene rings is 1. The molecule has 6 nitrogen and oxygen atoms in total. The molecule has 168 valence electrons. The van der Waals surface area contributed by atoms with E-state index >= 15 is 0 Å². The molecule has 0 saturated carbocycles. The van der Waals surface area contributed by atoms with Crippen molar-refractivity contribution in [2.75, 3.05) is 5.32 Å². The number of ether oxygens (including phenoxy) is 1. The zero-order valence-corrected chi connectivity index (χ0v) is 19.9. The van der Waals surface area contributed by atoms with Crippen molar-refractivity contribution in [2.24, 2.45) is 0 Å². The fourth-order valence-electron chi connectivity index (χ4n) is 3.81. The maximum atomic E-state index is 12.6. The van der Waals surface area contributed by atoms with Gasteiger partial charge in [-0.1, -0.05) is 35.3 Å². The Balaban J connectivity index is 1.18. The predicted molar refractivity (Wildman–Crippen MR) is 131 cm³/mol. The van der Waals surface area contributed by atoms with Crippen LogP contribution in [0, 0.1) is 0 Å². The molecular formula is C24H20Cl2N4O2S. The third kappa shape index (κ3) is 5.05. The van der Waals surface area contributed by atoms with Crippen LogP contribution >= 0.6 is 34.5 Å². The second-order valence-electron chi connectivity index (χ2n) is 7.81. The number of nitrogens with one attached hydrogen (secondary N) is 1. The Morgan fingerprint density at radius 2 is 1.94 bits per heavy atom. The first kappa shape index (κ1) is 21.9. The monoisotopic (exact) mass is 498 g/mol. The van der Waals surface area contributed by atoms with Gasteiger partial charge in [0.15, 0.2) is 0 Å². The molecule has 1 amide bonds. The second-order valence-corrected chi connectivity index (χ2v) is 9.54. The highest BCUT2D eigenvalue weighted by molar-refractivity contribution is 7.12. The number of amides is 1. The second kappa shape index (κ2) is 9.55. The molecule has 0 unspecified atom stereocenters. The molecule has 0 radical (unpaired) electrons. The van der Waals surface area contributed by atoms with Crippen molar-refractivity contribution in [2.45, 2.75) is 32.4 Å². The predicted octanol–water partition coefficient (Wildman–Crippen LogP) is 6.01. The molecule has 1 aliphatic rings. The summed E-state index contributed by atoms with van der Waals surface area (Å²) in [6, 6.07) is 13.4. The molecule has 1 N–H and O–H groups in total. The highest BCUT2D eigenvalue weighted by Crippen LogP contribution is 2.27. The summed E-state index contributed by atoms with van der Waals surface area (Å²) < 4.78 is 7.51. The Kier molecular flexibility index (Phi) is 6.35. The van der Waals surface area contributed by atoms with Gasteiger partial charge >= 0.3 is 0 Å². The molecule has 2 aromatic carbocycles. The first-order valence-corrected chi connectivity index (χ1v) is 12.1. The Hall–Kier alpha value is -2.87. The van der Waals surface area contributed by atoms with E-state index in [-0.39, 0.29) is 11.9 Å². The van der Waals surface area contributed by atoms with Crippen LogP contribution in [0.15, 0.2) is 54.2 Å². The lowest BCUT2D eigenvalue weighted by molar-refractivity contribution is 0.102. The van der Waals surface area contributed by atoms with E-state index in [4.69, 9.17) is 27.9 Å². The lowest BCUT2D eigenvalue weighted by Gasteiger charge is -2.07. The molecule has 0 atom stereocenters. The summed E-state index contributed by atoms with van der Waals surface area (Å²) in [5, 5.41) is 10.1. The van der Waals surface area contributed by atoms with Gasteiger partial charge in [0.1, 0.15) is 18.7 Å². The van der Waals surface area contributed by atoms with Crippen molar-refractivity contribution in [3.05, 3.63) is 91.3 Å². The summed E-state index contributed by atoms with van der Waals surface area (Å²) in [7, 11) is 0. The quantitative estimate of drug-likeness (QED) is 0.338. The van der Waals surface area contributed by atoms with Gasteiger partial charge in [0.25, 0.3) is 5.91 Å². The number of benzene rings is 2. The van der Waals surface area contributed by atoms with Crippen LogP contribution in [0.2, 0.25) is 10.0 Å². The molecule has 9 heteroatoms. The van der Waals surface area contributed by atoms with Crippen molar-refractivity contribution >= 4 is 46.4 Å². The summed E-state index contributed by atoms with van der Waals surface area (Å²) in [6.45, 7) is 0.762. The minimum absolute atomic E-state index is 0.215. The molecule has 0 spiro atoms. The van der Waals surface area contributed by atoms with E-state index in [1.807, 2.05) is 17.5 Å². The SMILES string of the molecule is O=C(Nc1ncn(Cc2c(Cl)cccc2Cl)n1)c1cc(COc2ccc3c(c2)CCC3)cs1. The third-order valence-corrected chi connectivity index (χ3v) is 7.18. The summed E-state index contributed by atoms with van der Waals surface area (Å²) in [5.41, 5.74) is 4.48. The fourth-order valence-corrected chi connectivity index (χ4v) is 5.12. The molecule has 0 bridgehead atoms. The zero-order chi connectivity index (χ0) is 22.8. The number of aryl methyl sites for hydroxylation is 2. The summed E-state index contributed by atoms with van der Waals surface area (Å²) in [6.07, 6.45) is 5.01. The number of anilines is 1. The van der Waals surface area contributed by atoms with Crippen molar-refractivity contribution < 1.29 is 9.53 Å². The van der Waals surface area contributed by atoms with Crippen molar-refractivity contribution in [3.8, 4) is 5.75 Å². The molecule has 2 heterocycles. The first-order valence-electron chi connectivity index (χ1n) is 10.5. The molecule has 4 aromatic rings. The van der Waals surface area contributed by atoms with Gasteiger partial charge in [-0.2, -0.15) is 0 Å². The number of hydrogen-bond acceptors (Lipinski definition) is 5. The number of carbonyl (C=O) groups excluding carboxylic acids is 1. The van der Waals surface area contributed by atoms with Crippen LogP contribution in [0.4, 0.5) is 5.95 Å². The minimum Gasteiger partial charge on any atom is -0.489 e. The van der Waals surface area contributed by atoms with Gasteiger partial charge in [-0.05, 0) is 66.1 Å². The van der Waals surface area contributed by atoms with Gasteiger partial charge in [-0.15, -0.1) is 16.4 Å². The lowest BCUT2D eigenvalue weighted by Crippen LogP contribution is -2.12. The first-order chi connectivity index (χ1) is 16.0. The molecule has 2 aromatic heterocycles. The molecule has 0 saturated heterocycles. The number of hydrogen-bond donors (Lipinski definition) is 1. The molecule has 1 aliphatic carbocycles. The van der Waals surface area contributed by atoms with Gasteiger partial charge in [0.2, 0.25) is 5.95 Å². The van der Waals surface area contributed by atoms with Crippen LogP contribution in [-0.4, -0.2) is 20.7 Å². The minimum atomic E-state index is -0.266. The Morgan fingerprint density at radius 1 is 1.12 bits per heavy atom. The molecular weight excluding hydrogens is 479 g/mol.